The summed E-state index contributed by atoms with van der Waals surface area (Å²) in [5, 5.41) is 6.77. The van der Waals surface area contributed by atoms with Crippen LogP contribution in [0.1, 0.15) is 12.1 Å². The number of H-pyrrole nitrogens is 1. The molecule has 14 heavy (non-hydrogen) atoms. The fraction of sp³-hybridized carbons (Fsp3) is 0.125. The van der Waals surface area contributed by atoms with Crippen molar-refractivity contribution in [2.45, 2.75) is 6.43 Å². The smallest absolute Gasteiger partial charge is 0.275 e. The van der Waals surface area contributed by atoms with Crippen LogP contribution < -0.4 is 0 Å². The molecule has 0 bridgehead atoms. The highest BCUT2D eigenvalue weighted by Crippen LogP contribution is 2.35. The summed E-state index contributed by atoms with van der Waals surface area (Å²) in [6.45, 7) is 0. The van der Waals surface area contributed by atoms with Gasteiger partial charge in [-0.3, -0.25) is 5.10 Å². The maximum atomic E-state index is 12.5. The normalized spacial score (nSPS) is 11.5. The van der Waals surface area contributed by atoms with Crippen molar-refractivity contribution in [2.24, 2.45) is 0 Å². The Hall–Kier alpha value is -0.680. The van der Waals surface area contributed by atoms with Crippen LogP contribution in [-0.2, 0) is 0 Å². The number of aromatic amines is 1. The first-order valence-electron chi connectivity index (χ1n) is 3.71. The summed E-state index contributed by atoms with van der Waals surface area (Å²) in [7, 11) is 0. The van der Waals surface area contributed by atoms with E-state index in [0.717, 1.165) is 0 Å². The van der Waals surface area contributed by atoms with Crippen LogP contribution in [0.15, 0.2) is 16.6 Å². The Labute approximate surface area is 91.4 Å². The topological polar surface area (TPSA) is 28.7 Å². The molecule has 0 saturated carbocycles. The number of alkyl halides is 2. The molecule has 0 radical (unpaired) electrons. The highest BCUT2D eigenvalue weighted by Gasteiger charge is 2.18. The molecule has 1 N–H and O–H groups in total. The SMILES string of the molecule is FC(F)c1[nH]nc2ccc(Cl)c(Br)c12. The predicted molar refractivity (Wildman–Crippen MR) is 53.8 cm³/mol. The number of fused-ring (bicyclic) bond motifs is 1. The van der Waals surface area contributed by atoms with E-state index >= 15 is 0 Å². The third-order valence-electron chi connectivity index (χ3n) is 1.86. The molecule has 2 aromatic rings. The Morgan fingerprint density at radius 3 is 2.79 bits per heavy atom. The Balaban J connectivity index is 2.82. The van der Waals surface area contributed by atoms with Crippen molar-refractivity contribution in [3.8, 4) is 0 Å². The number of nitrogens with one attached hydrogen (secondary N) is 1. The first-order valence-corrected chi connectivity index (χ1v) is 4.88. The lowest BCUT2D eigenvalue weighted by Gasteiger charge is -1.99. The van der Waals surface area contributed by atoms with Crippen LogP contribution in [0.3, 0.4) is 0 Å². The molecule has 6 heteroatoms. The number of benzene rings is 1. The van der Waals surface area contributed by atoms with Crippen LogP contribution in [0.4, 0.5) is 8.78 Å². The Bertz CT molecular complexity index is 483. The summed E-state index contributed by atoms with van der Waals surface area (Å²) >= 11 is 8.94. The van der Waals surface area contributed by atoms with Gasteiger partial charge in [0.1, 0.15) is 5.69 Å². The van der Waals surface area contributed by atoms with Crippen LogP contribution in [0, 0.1) is 0 Å². The molecule has 0 fully saturated rings. The van der Waals surface area contributed by atoms with Crippen LogP contribution >= 0.6 is 27.5 Å². The highest BCUT2D eigenvalue weighted by molar-refractivity contribution is 9.10. The number of hydrogen-bond donors (Lipinski definition) is 1. The highest BCUT2D eigenvalue weighted by atomic mass is 79.9. The summed E-state index contributed by atoms with van der Waals surface area (Å²) in [4.78, 5) is 0. The summed E-state index contributed by atoms with van der Waals surface area (Å²) in [5.74, 6) is 0. The number of nitrogens with zero attached hydrogens (tertiary/aromatic N) is 1. The van der Waals surface area contributed by atoms with E-state index in [1.807, 2.05) is 0 Å². The molecule has 0 atom stereocenters. The van der Waals surface area contributed by atoms with E-state index in [4.69, 9.17) is 11.6 Å². The largest absolute Gasteiger partial charge is 0.280 e. The molecule has 0 aliphatic carbocycles. The van der Waals surface area contributed by atoms with Gasteiger partial charge < -0.3 is 0 Å². The second-order valence-corrected chi connectivity index (χ2v) is 3.89. The molecule has 2 rings (SSSR count). The Morgan fingerprint density at radius 2 is 2.14 bits per heavy atom. The van der Waals surface area contributed by atoms with Gasteiger partial charge in [-0.25, -0.2) is 8.78 Å². The maximum absolute atomic E-state index is 12.5. The van der Waals surface area contributed by atoms with E-state index in [1.54, 1.807) is 12.1 Å². The van der Waals surface area contributed by atoms with Crippen molar-refractivity contribution >= 4 is 38.4 Å². The van der Waals surface area contributed by atoms with Gasteiger partial charge in [-0.2, -0.15) is 5.10 Å². The van der Waals surface area contributed by atoms with Gasteiger partial charge in [0.05, 0.1) is 10.5 Å². The Kier molecular flexibility index (Phi) is 2.45. The molecule has 74 valence electrons. The summed E-state index contributed by atoms with van der Waals surface area (Å²) in [6.07, 6.45) is -2.59. The molecule has 0 spiro atoms. The molecule has 0 unspecified atom stereocenters. The van der Waals surface area contributed by atoms with Gasteiger partial charge in [0.25, 0.3) is 6.43 Å². The lowest BCUT2D eigenvalue weighted by molar-refractivity contribution is 0.147. The quantitative estimate of drug-likeness (QED) is 0.843. The van der Waals surface area contributed by atoms with E-state index in [1.165, 1.54) is 0 Å². The second-order valence-electron chi connectivity index (χ2n) is 2.69. The van der Waals surface area contributed by atoms with Crippen molar-refractivity contribution in [1.29, 1.82) is 0 Å². The molecule has 1 heterocycles. The number of halogens is 4. The van der Waals surface area contributed by atoms with Gasteiger partial charge in [-0.15, -0.1) is 0 Å². The standard InChI is InChI=1S/C8H4BrClF2N2/c9-6-3(10)1-2-4-5(6)7(8(11)12)14-13-4/h1-2,8H,(H,13,14). The van der Waals surface area contributed by atoms with Gasteiger partial charge in [-0.1, -0.05) is 11.6 Å². The third-order valence-corrected chi connectivity index (χ3v) is 3.22. The fourth-order valence-corrected chi connectivity index (χ4v) is 1.93. The van der Waals surface area contributed by atoms with Crippen LogP contribution in [0.5, 0.6) is 0 Å². The van der Waals surface area contributed by atoms with E-state index in [2.05, 4.69) is 26.1 Å². The monoisotopic (exact) mass is 280 g/mol. The number of rotatable bonds is 1. The van der Waals surface area contributed by atoms with Gasteiger partial charge in [-0.05, 0) is 28.1 Å². The van der Waals surface area contributed by atoms with Gasteiger partial charge in [0.2, 0.25) is 0 Å². The van der Waals surface area contributed by atoms with Crippen LogP contribution in [0.2, 0.25) is 5.02 Å². The van der Waals surface area contributed by atoms with Crippen molar-refractivity contribution in [2.75, 3.05) is 0 Å². The summed E-state index contributed by atoms with van der Waals surface area (Å²) in [5.41, 5.74) is 0.256. The zero-order valence-electron chi connectivity index (χ0n) is 6.69. The summed E-state index contributed by atoms with van der Waals surface area (Å²) < 4.78 is 25.5. The maximum Gasteiger partial charge on any atom is 0.280 e. The average Bonchev–Trinajstić information content (AvgIpc) is 2.55. The molecule has 0 amide bonds. The number of hydrogen-bond acceptors (Lipinski definition) is 1. The molecule has 1 aromatic heterocycles. The predicted octanol–water partition coefficient (Wildman–Crippen LogP) is 3.92. The minimum Gasteiger partial charge on any atom is -0.275 e. The molecule has 2 nitrogen and oxygen atoms in total. The first-order chi connectivity index (χ1) is 6.61. The molecular weight excluding hydrogens is 277 g/mol. The van der Waals surface area contributed by atoms with Gasteiger partial charge in [0, 0.05) is 9.86 Å². The minimum absolute atomic E-state index is 0.214. The van der Waals surface area contributed by atoms with Crippen molar-refractivity contribution < 1.29 is 8.78 Å². The van der Waals surface area contributed by atoms with Crippen LogP contribution in [-0.4, -0.2) is 10.2 Å². The fourth-order valence-electron chi connectivity index (χ4n) is 1.22. The lowest BCUT2D eigenvalue weighted by atomic mass is 10.2. The van der Waals surface area contributed by atoms with Crippen LogP contribution in [0.25, 0.3) is 10.9 Å². The minimum atomic E-state index is -2.59. The first kappa shape index (κ1) is 9.86. The molecule has 0 aliphatic heterocycles. The van der Waals surface area contributed by atoms with E-state index < -0.39 is 6.43 Å². The van der Waals surface area contributed by atoms with Gasteiger partial charge in [0.15, 0.2) is 0 Å². The number of aromatic nitrogens is 2. The molecule has 1 aromatic carbocycles. The van der Waals surface area contributed by atoms with Crippen molar-refractivity contribution in [3.63, 3.8) is 0 Å². The van der Waals surface area contributed by atoms with E-state index in [-0.39, 0.29) is 5.69 Å². The third kappa shape index (κ3) is 1.40. The van der Waals surface area contributed by atoms with Crippen molar-refractivity contribution in [3.05, 3.63) is 27.3 Å². The molecule has 0 aliphatic rings. The Morgan fingerprint density at radius 1 is 1.43 bits per heavy atom. The summed E-state index contributed by atoms with van der Waals surface area (Å²) in [6, 6.07) is 3.19. The van der Waals surface area contributed by atoms with E-state index in [9.17, 15) is 8.78 Å². The van der Waals surface area contributed by atoms with Gasteiger partial charge >= 0.3 is 0 Å². The lowest BCUT2D eigenvalue weighted by Crippen LogP contribution is -1.85. The van der Waals surface area contributed by atoms with Crippen molar-refractivity contribution in [1.82, 2.24) is 10.2 Å². The average molecular weight is 281 g/mol. The zero-order chi connectivity index (χ0) is 10.3. The molecular formula is C8H4BrClF2N2. The second kappa shape index (κ2) is 3.47. The molecule has 0 saturated heterocycles. The van der Waals surface area contributed by atoms with E-state index in [0.29, 0.717) is 20.4 Å². The zero-order valence-corrected chi connectivity index (χ0v) is 9.03.